The van der Waals surface area contributed by atoms with E-state index in [-0.39, 0.29) is 16.8 Å². The molecule has 8 nitrogen and oxygen atoms in total. The summed E-state index contributed by atoms with van der Waals surface area (Å²) in [6, 6.07) is 8.91. The van der Waals surface area contributed by atoms with E-state index in [4.69, 9.17) is 14.2 Å². The Kier molecular flexibility index (Phi) is 5.25. The lowest BCUT2D eigenvalue weighted by atomic mass is 10.1. The molecule has 3 rings (SSSR count). The molecule has 2 aromatic carbocycles. The molecular formula is C19H17NO7. The second-order valence-corrected chi connectivity index (χ2v) is 5.56. The molecule has 0 aromatic heterocycles. The number of carbonyl (C=O) groups is 3. The molecule has 1 aliphatic heterocycles. The van der Waals surface area contributed by atoms with Gasteiger partial charge in [-0.1, -0.05) is 0 Å². The topological polar surface area (TPSA) is 100 Å². The summed E-state index contributed by atoms with van der Waals surface area (Å²) in [5.74, 6) is -0.713. The van der Waals surface area contributed by atoms with E-state index in [0.717, 1.165) is 0 Å². The molecule has 0 radical (unpaired) electrons. The number of methoxy groups -OCH3 is 2. The van der Waals surface area contributed by atoms with Gasteiger partial charge >= 0.3 is 11.9 Å². The maximum Gasteiger partial charge on any atom is 0.339 e. The lowest BCUT2D eigenvalue weighted by molar-refractivity contribution is 0.0587. The van der Waals surface area contributed by atoms with Crippen LogP contribution in [-0.4, -0.2) is 45.3 Å². The van der Waals surface area contributed by atoms with Gasteiger partial charge in [0.25, 0.3) is 5.91 Å². The zero-order valence-electron chi connectivity index (χ0n) is 14.7. The van der Waals surface area contributed by atoms with Crippen LogP contribution in [-0.2, 0) is 9.47 Å². The van der Waals surface area contributed by atoms with E-state index in [0.29, 0.717) is 30.3 Å². The Morgan fingerprint density at radius 3 is 2.22 bits per heavy atom. The van der Waals surface area contributed by atoms with Crippen molar-refractivity contribution in [2.45, 2.75) is 0 Å². The summed E-state index contributed by atoms with van der Waals surface area (Å²) in [6.07, 6.45) is 0. The maximum absolute atomic E-state index is 12.6. The molecule has 0 saturated carbocycles. The van der Waals surface area contributed by atoms with Crippen molar-refractivity contribution in [2.24, 2.45) is 0 Å². The Morgan fingerprint density at radius 1 is 0.852 bits per heavy atom. The smallest absolute Gasteiger partial charge is 0.339 e. The molecule has 2 aromatic rings. The molecule has 140 valence electrons. The highest BCUT2D eigenvalue weighted by Crippen LogP contribution is 2.31. The van der Waals surface area contributed by atoms with Crippen LogP contribution in [0.3, 0.4) is 0 Å². The standard InChI is InChI=1S/C19H17NO7/c1-24-18(22)12-3-5-13(19(23)25-2)14(9-12)20-17(21)11-4-6-15-16(10-11)27-8-7-26-15/h3-6,9-10H,7-8H2,1-2H3,(H,20,21). The van der Waals surface area contributed by atoms with Gasteiger partial charge in [0, 0.05) is 5.56 Å². The van der Waals surface area contributed by atoms with E-state index >= 15 is 0 Å². The van der Waals surface area contributed by atoms with E-state index in [1.54, 1.807) is 18.2 Å². The van der Waals surface area contributed by atoms with Crippen LogP contribution in [0.2, 0.25) is 0 Å². The highest BCUT2D eigenvalue weighted by molar-refractivity contribution is 6.09. The molecule has 0 saturated heterocycles. The molecular weight excluding hydrogens is 354 g/mol. The van der Waals surface area contributed by atoms with Gasteiger partial charge in [-0.15, -0.1) is 0 Å². The average Bonchev–Trinajstić information content (AvgIpc) is 2.72. The number of hydrogen-bond acceptors (Lipinski definition) is 7. The second kappa shape index (κ2) is 7.77. The number of ether oxygens (including phenoxy) is 4. The van der Waals surface area contributed by atoms with Crippen LogP contribution < -0.4 is 14.8 Å². The summed E-state index contributed by atoms with van der Waals surface area (Å²) in [5.41, 5.74) is 0.724. The van der Waals surface area contributed by atoms with E-state index < -0.39 is 17.8 Å². The lowest BCUT2D eigenvalue weighted by Gasteiger charge is -2.19. The van der Waals surface area contributed by atoms with Crippen molar-refractivity contribution < 1.29 is 33.3 Å². The fourth-order valence-corrected chi connectivity index (χ4v) is 2.56. The van der Waals surface area contributed by atoms with Crippen molar-refractivity contribution in [3.8, 4) is 11.5 Å². The first-order valence-corrected chi connectivity index (χ1v) is 8.05. The van der Waals surface area contributed by atoms with Gasteiger partial charge in [-0.3, -0.25) is 4.79 Å². The molecule has 0 aliphatic carbocycles. The summed E-state index contributed by atoms with van der Waals surface area (Å²) in [5, 5.41) is 2.62. The van der Waals surface area contributed by atoms with Crippen molar-refractivity contribution in [2.75, 3.05) is 32.8 Å². The Bertz CT molecular complexity index is 907. The fourth-order valence-electron chi connectivity index (χ4n) is 2.56. The van der Waals surface area contributed by atoms with Gasteiger partial charge in [0.2, 0.25) is 0 Å². The largest absolute Gasteiger partial charge is 0.486 e. The molecule has 0 unspecified atom stereocenters. The van der Waals surface area contributed by atoms with Crippen LogP contribution in [0.4, 0.5) is 5.69 Å². The van der Waals surface area contributed by atoms with Crippen molar-refractivity contribution in [3.63, 3.8) is 0 Å². The molecule has 0 bridgehead atoms. The van der Waals surface area contributed by atoms with Crippen molar-refractivity contribution >= 4 is 23.5 Å². The number of fused-ring (bicyclic) bond motifs is 1. The predicted molar refractivity (Wildman–Crippen MR) is 94.5 cm³/mol. The highest BCUT2D eigenvalue weighted by atomic mass is 16.6. The summed E-state index contributed by atoms with van der Waals surface area (Å²) in [4.78, 5) is 36.4. The summed E-state index contributed by atoms with van der Waals surface area (Å²) in [6.45, 7) is 0.840. The van der Waals surface area contributed by atoms with Crippen molar-refractivity contribution in [3.05, 3.63) is 53.1 Å². The van der Waals surface area contributed by atoms with E-state index in [2.05, 4.69) is 10.1 Å². The Labute approximate surface area is 155 Å². The fraction of sp³-hybridized carbons (Fsp3) is 0.211. The van der Waals surface area contributed by atoms with Crippen LogP contribution in [0, 0.1) is 0 Å². The number of hydrogen-bond donors (Lipinski definition) is 1. The zero-order valence-corrected chi connectivity index (χ0v) is 14.7. The molecule has 0 atom stereocenters. The SMILES string of the molecule is COC(=O)c1ccc(C(=O)OC)c(NC(=O)c2ccc3c(c2)OCCO3)c1. The summed E-state index contributed by atoms with van der Waals surface area (Å²) >= 11 is 0. The van der Waals surface area contributed by atoms with Crippen LogP contribution in [0.25, 0.3) is 0 Å². The molecule has 1 amide bonds. The van der Waals surface area contributed by atoms with E-state index in [9.17, 15) is 14.4 Å². The predicted octanol–water partition coefficient (Wildman–Crippen LogP) is 2.28. The number of amides is 1. The van der Waals surface area contributed by atoms with Crippen molar-refractivity contribution in [1.29, 1.82) is 0 Å². The average molecular weight is 371 g/mol. The normalized spacial score (nSPS) is 12.1. The quantitative estimate of drug-likeness (QED) is 0.823. The Hall–Kier alpha value is -3.55. The molecule has 1 N–H and O–H groups in total. The van der Waals surface area contributed by atoms with Crippen LogP contribution >= 0.6 is 0 Å². The first-order chi connectivity index (χ1) is 13.0. The number of carbonyl (C=O) groups excluding carboxylic acids is 3. The third-order valence-corrected chi connectivity index (χ3v) is 3.90. The molecule has 1 heterocycles. The second-order valence-electron chi connectivity index (χ2n) is 5.56. The highest BCUT2D eigenvalue weighted by Gasteiger charge is 2.19. The van der Waals surface area contributed by atoms with Crippen LogP contribution in [0.1, 0.15) is 31.1 Å². The van der Waals surface area contributed by atoms with E-state index in [1.807, 2.05) is 0 Å². The third kappa shape index (κ3) is 3.84. The first kappa shape index (κ1) is 18.2. The Balaban J connectivity index is 1.91. The summed E-state index contributed by atoms with van der Waals surface area (Å²) in [7, 11) is 2.47. The van der Waals surface area contributed by atoms with Crippen LogP contribution in [0.15, 0.2) is 36.4 Å². The van der Waals surface area contributed by atoms with Gasteiger partial charge in [-0.05, 0) is 36.4 Å². The monoisotopic (exact) mass is 371 g/mol. The number of nitrogens with one attached hydrogen (secondary N) is 1. The third-order valence-electron chi connectivity index (χ3n) is 3.90. The van der Waals surface area contributed by atoms with Gasteiger partial charge in [-0.25, -0.2) is 9.59 Å². The Morgan fingerprint density at radius 2 is 1.52 bits per heavy atom. The minimum Gasteiger partial charge on any atom is -0.486 e. The van der Waals surface area contributed by atoms with Gasteiger partial charge < -0.3 is 24.3 Å². The molecule has 8 heteroatoms. The van der Waals surface area contributed by atoms with Gasteiger partial charge in [-0.2, -0.15) is 0 Å². The minimum atomic E-state index is -0.649. The molecule has 0 spiro atoms. The van der Waals surface area contributed by atoms with Gasteiger partial charge in [0.1, 0.15) is 13.2 Å². The van der Waals surface area contributed by atoms with Crippen molar-refractivity contribution in [1.82, 2.24) is 0 Å². The number of esters is 2. The van der Waals surface area contributed by atoms with Crippen LogP contribution in [0.5, 0.6) is 11.5 Å². The van der Waals surface area contributed by atoms with Gasteiger partial charge in [0.05, 0.1) is 31.0 Å². The lowest BCUT2D eigenvalue weighted by Crippen LogP contribution is -2.18. The maximum atomic E-state index is 12.6. The zero-order chi connectivity index (χ0) is 19.4. The minimum absolute atomic E-state index is 0.107. The molecule has 27 heavy (non-hydrogen) atoms. The molecule has 1 aliphatic rings. The number of anilines is 1. The number of rotatable bonds is 4. The number of benzene rings is 2. The summed E-state index contributed by atoms with van der Waals surface area (Å²) < 4.78 is 20.3. The van der Waals surface area contributed by atoms with E-state index in [1.165, 1.54) is 32.4 Å². The molecule has 0 fully saturated rings. The van der Waals surface area contributed by atoms with Gasteiger partial charge in [0.15, 0.2) is 11.5 Å². The first-order valence-electron chi connectivity index (χ1n) is 8.05.